The average Bonchev–Trinajstić information content (AvgIpc) is 2.40. The van der Waals surface area contributed by atoms with Gasteiger partial charge in [0.1, 0.15) is 0 Å². The Morgan fingerprint density at radius 1 is 1.54 bits per heavy atom. The number of alkyl halides is 1. The second-order valence-corrected chi connectivity index (χ2v) is 4.66. The second kappa shape index (κ2) is 5.18. The van der Waals surface area contributed by atoms with E-state index >= 15 is 0 Å². The first kappa shape index (κ1) is 11.3. The molecule has 1 fully saturated rings. The van der Waals surface area contributed by atoms with Crippen LogP contribution in [0.5, 0.6) is 0 Å². The van der Waals surface area contributed by atoms with Crippen LogP contribution in [0.3, 0.4) is 0 Å². The summed E-state index contributed by atoms with van der Waals surface area (Å²) in [5, 5.41) is 3.36. The second-order valence-electron chi connectivity index (χ2n) is 4.28. The SMILES string of the molecule is CC1(C)CCC(CNCCCCl)O1. The topological polar surface area (TPSA) is 21.3 Å². The maximum absolute atomic E-state index is 5.83. The Hall–Kier alpha value is 0.210. The van der Waals surface area contributed by atoms with Gasteiger partial charge in [-0.15, -0.1) is 11.6 Å². The Bertz CT molecular complexity index is 150. The molecule has 0 amide bonds. The lowest BCUT2D eigenvalue weighted by Gasteiger charge is -2.19. The van der Waals surface area contributed by atoms with Gasteiger partial charge in [-0.3, -0.25) is 0 Å². The number of hydrogen-bond donors (Lipinski definition) is 1. The first-order valence-corrected chi connectivity index (χ1v) is 5.62. The fourth-order valence-corrected chi connectivity index (χ4v) is 1.81. The van der Waals surface area contributed by atoms with E-state index < -0.39 is 0 Å². The van der Waals surface area contributed by atoms with E-state index in [0.29, 0.717) is 6.10 Å². The highest BCUT2D eigenvalue weighted by atomic mass is 35.5. The summed E-state index contributed by atoms with van der Waals surface area (Å²) in [5.74, 6) is 0.740. The highest BCUT2D eigenvalue weighted by Crippen LogP contribution is 2.28. The van der Waals surface area contributed by atoms with E-state index in [1.807, 2.05) is 0 Å². The summed E-state index contributed by atoms with van der Waals surface area (Å²) in [4.78, 5) is 0. The van der Waals surface area contributed by atoms with Crippen LogP contribution in [0.25, 0.3) is 0 Å². The molecule has 1 aliphatic heterocycles. The van der Waals surface area contributed by atoms with Crippen molar-refractivity contribution in [1.29, 1.82) is 0 Å². The Kier molecular flexibility index (Phi) is 4.50. The van der Waals surface area contributed by atoms with Crippen molar-refractivity contribution in [3.63, 3.8) is 0 Å². The third-order valence-electron chi connectivity index (χ3n) is 2.41. The minimum Gasteiger partial charge on any atom is -0.371 e. The molecule has 1 N–H and O–H groups in total. The van der Waals surface area contributed by atoms with Crippen molar-refractivity contribution in [1.82, 2.24) is 5.32 Å². The Labute approximate surface area is 86.0 Å². The van der Waals surface area contributed by atoms with Gasteiger partial charge in [-0.1, -0.05) is 0 Å². The lowest BCUT2D eigenvalue weighted by molar-refractivity contribution is -0.0140. The molecule has 0 bridgehead atoms. The quantitative estimate of drug-likeness (QED) is 0.549. The first-order valence-electron chi connectivity index (χ1n) is 5.08. The number of halogens is 1. The molecule has 78 valence electrons. The highest BCUT2D eigenvalue weighted by molar-refractivity contribution is 6.17. The van der Waals surface area contributed by atoms with Gasteiger partial charge in [-0.25, -0.2) is 0 Å². The summed E-state index contributed by atoms with van der Waals surface area (Å²) in [6, 6.07) is 0. The number of hydrogen-bond acceptors (Lipinski definition) is 2. The third-order valence-corrected chi connectivity index (χ3v) is 2.68. The van der Waals surface area contributed by atoms with Crippen LogP contribution in [0.1, 0.15) is 33.1 Å². The molecule has 1 unspecified atom stereocenters. The van der Waals surface area contributed by atoms with Crippen LogP contribution in [0.4, 0.5) is 0 Å². The van der Waals surface area contributed by atoms with Crippen LogP contribution in [-0.2, 0) is 4.74 Å². The molecule has 1 saturated heterocycles. The maximum Gasteiger partial charge on any atom is 0.0707 e. The molecule has 1 aliphatic rings. The number of rotatable bonds is 5. The molecule has 3 heteroatoms. The van der Waals surface area contributed by atoms with Crippen LogP contribution in [0, 0.1) is 0 Å². The fourth-order valence-electron chi connectivity index (χ4n) is 1.68. The molecule has 0 saturated carbocycles. The molecule has 0 radical (unpaired) electrons. The molecule has 2 nitrogen and oxygen atoms in total. The molecule has 0 aromatic carbocycles. The van der Waals surface area contributed by atoms with Crippen molar-refractivity contribution in [3.8, 4) is 0 Å². The monoisotopic (exact) mass is 205 g/mol. The van der Waals surface area contributed by atoms with Crippen LogP contribution >= 0.6 is 11.6 Å². The zero-order valence-electron chi connectivity index (χ0n) is 8.61. The summed E-state index contributed by atoms with van der Waals surface area (Å²) >= 11 is 5.57. The Morgan fingerprint density at radius 2 is 2.31 bits per heavy atom. The lowest BCUT2D eigenvalue weighted by Crippen LogP contribution is -2.30. The van der Waals surface area contributed by atoms with E-state index in [1.165, 1.54) is 12.8 Å². The Balaban J connectivity index is 2.04. The summed E-state index contributed by atoms with van der Waals surface area (Å²) in [6.07, 6.45) is 3.80. The van der Waals surface area contributed by atoms with E-state index in [4.69, 9.17) is 16.3 Å². The minimum atomic E-state index is 0.0961. The maximum atomic E-state index is 5.83. The lowest BCUT2D eigenvalue weighted by atomic mass is 10.1. The summed E-state index contributed by atoms with van der Waals surface area (Å²) < 4.78 is 5.83. The van der Waals surface area contributed by atoms with Crippen molar-refractivity contribution in [3.05, 3.63) is 0 Å². The largest absolute Gasteiger partial charge is 0.371 e. The normalized spacial score (nSPS) is 26.5. The average molecular weight is 206 g/mol. The van der Waals surface area contributed by atoms with Gasteiger partial charge in [0.05, 0.1) is 11.7 Å². The predicted molar refractivity (Wildman–Crippen MR) is 56.4 cm³/mol. The van der Waals surface area contributed by atoms with E-state index in [0.717, 1.165) is 25.4 Å². The van der Waals surface area contributed by atoms with Crippen molar-refractivity contribution < 1.29 is 4.74 Å². The summed E-state index contributed by atoms with van der Waals surface area (Å²) in [7, 11) is 0. The smallest absolute Gasteiger partial charge is 0.0707 e. The van der Waals surface area contributed by atoms with Gasteiger partial charge >= 0.3 is 0 Å². The zero-order valence-corrected chi connectivity index (χ0v) is 9.36. The summed E-state index contributed by atoms with van der Waals surface area (Å²) in [5.41, 5.74) is 0.0961. The molecule has 13 heavy (non-hydrogen) atoms. The van der Waals surface area contributed by atoms with Crippen LogP contribution in [-0.4, -0.2) is 30.7 Å². The minimum absolute atomic E-state index is 0.0961. The Morgan fingerprint density at radius 3 is 2.85 bits per heavy atom. The highest BCUT2D eigenvalue weighted by Gasteiger charge is 2.30. The van der Waals surface area contributed by atoms with Gasteiger partial charge in [0.25, 0.3) is 0 Å². The van der Waals surface area contributed by atoms with Gasteiger partial charge < -0.3 is 10.1 Å². The predicted octanol–water partition coefficient (Wildman–Crippen LogP) is 2.16. The first-order chi connectivity index (χ1) is 6.14. The van der Waals surface area contributed by atoms with E-state index in [-0.39, 0.29) is 5.60 Å². The van der Waals surface area contributed by atoms with Gasteiger partial charge in [-0.2, -0.15) is 0 Å². The molecule has 0 aliphatic carbocycles. The van der Waals surface area contributed by atoms with Crippen LogP contribution < -0.4 is 5.32 Å². The molecular formula is C10H20ClNO. The molecule has 0 spiro atoms. The van der Waals surface area contributed by atoms with E-state index in [1.54, 1.807) is 0 Å². The van der Waals surface area contributed by atoms with Crippen molar-refractivity contribution in [2.45, 2.75) is 44.8 Å². The van der Waals surface area contributed by atoms with Crippen LogP contribution in [0.15, 0.2) is 0 Å². The van der Waals surface area contributed by atoms with Crippen molar-refractivity contribution >= 4 is 11.6 Å². The van der Waals surface area contributed by atoms with Gasteiger partial charge in [0.15, 0.2) is 0 Å². The number of nitrogens with one attached hydrogen (secondary N) is 1. The molecular weight excluding hydrogens is 186 g/mol. The molecule has 1 heterocycles. The van der Waals surface area contributed by atoms with E-state index in [9.17, 15) is 0 Å². The fraction of sp³-hybridized carbons (Fsp3) is 1.00. The van der Waals surface area contributed by atoms with Gasteiger partial charge in [0.2, 0.25) is 0 Å². The van der Waals surface area contributed by atoms with Crippen LogP contribution in [0.2, 0.25) is 0 Å². The van der Waals surface area contributed by atoms with Gasteiger partial charge in [-0.05, 0) is 39.7 Å². The number of ether oxygens (including phenoxy) is 1. The third kappa shape index (κ3) is 4.30. The standard InChI is InChI=1S/C10H20ClNO/c1-10(2)5-4-9(13-10)8-12-7-3-6-11/h9,12H,3-8H2,1-2H3. The molecule has 0 aromatic rings. The van der Waals surface area contributed by atoms with E-state index in [2.05, 4.69) is 19.2 Å². The van der Waals surface area contributed by atoms with Crippen molar-refractivity contribution in [2.24, 2.45) is 0 Å². The summed E-state index contributed by atoms with van der Waals surface area (Å²) in [6.45, 7) is 6.29. The van der Waals surface area contributed by atoms with Gasteiger partial charge in [0, 0.05) is 12.4 Å². The zero-order chi connectivity index (χ0) is 9.73. The van der Waals surface area contributed by atoms with Crippen molar-refractivity contribution in [2.75, 3.05) is 19.0 Å². The molecule has 1 atom stereocenters. The molecule has 0 aromatic heterocycles. The molecule has 1 rings (SSSR count).